The molecule has 0 aliphatic heterocycles. The average Bonchev–Trinajstić information content (AvgIpc) is 2.74. The average molecular weight is 523 g/mol. The van der Waals surface area contributed by atoms with Gasteiger partial charge in [-0.25, -0.2) is 18.7 Å². The topological polar surface area (TPSA) is 96.7 Å². The van der Waals surface area contributed by atoms with Crippen molar-refractivity contribution in [2.24, 2.45) is 5.84 Å². The highest BCUT2D eigenvalue weighted by Crippen LogP contribution is 2.35. The lowest BCUT2D eigenvalue weighted by Crippen LogP contribution is -2.38. The fourth-order valence-electron chi connectivity index (χ4n) is 2.95. The first-order valence-corrected chi connectivity index (χ1v) is 15.6. The molecule has 0 spiro atoms. The molecule has 2 aromatic rings. The molecule has 0 radical (unpaired) electrons. The van der Waals surface area contributed by atoms with Crippen molar-refractivity contribution in [3.63, 3.8) is 0 Å². The molecule has 2 rings (SSSR count). The number of benzene rings is 2. The van der Waals surface area contributed by atoms with Crippen molar-refractivity contribution in [1.82, 2.24) is 4.72 Å². The Morgan fingerprint density at radius 3 is 2.26 bits per heavy atom. The molecule has 2 aromatic carbocycles. The predicted octanol–water partition coefficient (Wildman–Crippen LogP) is 4.44. The monoisotopic (exact) mass is 522 g/mol. The van der Waals surface area contributed by atoms with Crippen molar-refractivity contribution in [2.75, 3.05) is 30.7 Å². The largest absolute Gasteiger partial charge is 0.408 e. The second-order valence-corrected chi connectivity index (χ2v) is 16.2. The van der Waals surface area contributed by atoms with Crippen LogP contribution in [0.2, 0.25) is 25.7 Å². The van der Waals surface area contributed by atoms with Crippen LogP contribution in [0.25, 0.3) is 0 Å². The van der Waals surface area contributed by atoms with E-state index in [1.54, 1.807) is 4.72 Å². The van der Waals surface area contributed by atoms with Gasteiger partial charge >= 0.3 is 6.18 Å². The standard InChI is InChI=1S/C21H30F4N4O3SSi/c1-27-18-13-17(9-10-19(18)29(26)14-32-11-12-34(2,3)4)33(30,31)28-20(21(23,24)25)15-5-7-16(22)8-6-15/h5-10,13,20,27-28H,11-12,14,26H2,1-4H3/t20-/m1/s1. The van der Waals surface area contributed by atoms with Gasteiger partial charge in [-0.15, -0.1) is 0 Å². The van der Waals surface area contributed by atoms with E-state index in [0.717, 1.165) is 36.4 Å². The maximum atomic E-state index is 13.6. The minimum absolute atomic E-state index is 0.0459. The number of nitrogens with zero attached hydrogens (tertiary/aromatic N) is 1. The molecule has 0 aliphatic carbocycles. The first-order chi connectivity index (χ1) is 15.6. The summed E-state index contributed by atoms with van der Waals surface area (Å²) >= 11 is 0. The molecule has 34 heavy (non-hydrogen) atoms. The number of nitrogens with two attached hydrogens (primary N) is 1. The summed E-state index contributed by atoms with van der Waals surface area (Å²) in [5.74, 6) is 5.30. The molecule has 0 unspecified atom stereocenters. The predicted molar refractivity (Wildman–Crippen MR) is 127 cm³/mol. The van der Waals surface area contributed by atoms with Gasteiger partial charge in [0.15, 0.2) is 0 Å². The van der Waals surface area contributed by atoms with E-state index in [1.807, 2.05) is 0 Å². The van der Waals surface area contributed by atoms with E-state index in [2.05, 4.69) is 25.0 Å². The minimum atomic E-state index is -4.95. The van der Waals surface area contributed by atoms with Crippen molar-refractivity contribution in [1.29, 1.82) is 0 Å². The Morgan fingerprint density at radius 2 is 1.74 bits per heavy atom. The maximum Gasteiger partial charge on any atom is 0.408 e. The Labute approximate surface area is 198 Å². The summed E-state index contributed by atoms with van der Waals surface area (Å²) in [5.41, 5.74) is 0.247. The second-order valence-electron chi connectivity index (χ2n) is 8.89. The molecule has 0 saturated heterocycles. The van der Waals surface area contributed by atoms with Crippen LogP contribution in [-0.4, -0.2) is 43.1 Å². The number of halogens is 4. The molecule has 13 heteroatoms. The van der Waals surface area contributed by atoms with Crippen molar-refractivity contribution in [3.8, 4) is 0 Å². The second kappa shape index (κ2) is 11.0. The van der Waals surface area contributed by atoms with Crippen molar-refractivity contribution in [2.45, 2.75) is 42.8 Å². The molecule has 4 N–H and O–H groups in total. The zero-order chi connectivity index (χ0) is 25.7. The lowest BCUT2D eigenvalue weighted by atomic mass is 10.1. The van der Waals surface area contributed by atoms with Crippen LogP contribution in [0.4, 0.5) is 28.9 Å². The Kier molecular flexibility index (Phi) is 9.10. The maximum absolute atomic E-state index is 13.6. The molecule has 0 bridgehead atoms. The Morgan fingerprint density at radius 1 is 1.12 bits per heavy atom. The molecule has 190 valence electrons. The molecule has 0 aromatic heterocycles. The zero-order valence-electron chi connectivity index (χ0n) is 19.4. The Bertz CT molecular complexity index is 1060. The van der Waals surface area contributed by atoms with Gasteiger partial charge in [-0.05, 0) is 41.9 Å². The molecular weight excluding hydrogens is 492 g/mol. The van der Waals surface area contributed by atoms with Crippen LogP contribution < -0.4 is 20.9 Å². The van der Waals surface area contributed by atoms with Gasteiger partial charge in [0.05, 0.1) is 16.3 Å². The minimum Gasteiger partial charge on any atom is -0.386 e. The Balaban J connectivity index is 2.24. The third kappa shape index (κ3) is 7.94. The number of hydrogen-bond acceptors (Lipinski definition) is 6. The van der Waals surface area contributed by atoms with Crippen LogP contribution in [0.1, 0.15) is 11.6 Å². The third-order valence-electron chi connectivity index (χ3n) is 4.89. The number of nitrogens with one attached hydrogen (secondary N) is 2. The van der Waals surface area contributed by atoms with E-state index in [1.165, 1.54) is 24.2 Å². The van der Waals surface area contributed by atoms with Gasteiger partial charge in [-0.1, -0.05) is 31.8 Å². The third-order valence-corrected chi connectivity index (χ3v) is 8.01. The van der Waals surface area contributed by atoms with Crippen LogP contribution in [-0.2, 0) is 14.8 Å². The highest BCUT2D eigenvalue weighted by atomic mass is 32.2. The summed E-state index contributed by atoms with van der Waals surface area (Å²) in [6, 6.07) is 5.52. The SMILES string of the molecule is CNc1cc(S(=O)(=O)N[C@H](c2ccc(F)cc2)C(F)(F)F)ccc1N(N)COCC[Si](C)(C)C. The van der Waals surface area contributed by atoms with Gasteiger partial charge in [0, 0.05) is 21.7 Å². The van der Waals surface area contributed by atoms with Gasteiger partial charge in [0.1, 0.15) is 18.6 Å². The van der Waals surface area contributed by atoms with E-state index >= 15 is 0 Å². The van der Waals surface area contributed by atoms with Gasteiger partial charge in [-0.2, -0.15) is 17.9 Å². The fourth-order valence-corrected chi connectivity index (χ4v) is 4.94. The van der Waals surface area contributed by atoms with E-state index < -0.39 is 46.6 Å². The molecule has 0 amide bonds. The van der Waals surface area contributed by atoms with Gasteiger partial charge < -0.3 is 10.1 Å². The van der Waals surface area contributed by atoms with Crippen LogP contribution in [0.3, 0.4) is 0 Å². The van der Waals surface area contributed by atoms with E-state index in [0.29, 0.717) is 12.3 Å². The number of hydrogen-bond donors (Lipinski definition) is 3. The van der Waals surface area contributed by atoms with Crippen LogP contribution in [0.5, 0.6) is 0 Å². The number of anilines is 2. The lowest BCUT2D eigenvalue weighted by molar-refractivity contribution is -0.153. The van der Waals surface area contributed by atoms with Gasteiger partial charge in [0.25, 0.3) is 0 Å². The number of ether oxygens (including phenoxy) is 1. The summed E-state index contributed by atoms with van der Waals surface area (Å²) in [5, 5.41) is 4.07. The molecule has 7 nitrogen and oxygen atoms in total. The highest BCUT2D eigenvalue weighted by molar-refractivity contribution is 7.89. The van der Waals surface area contributed by atoms with Gasteiger partial charge in [0.2, 0.25) is 10.0 Å². The smallest absolute Gasteiger partial charge is 0.386 e. The molecule has 0 saturated carbocycles. The fraction of sp³-hybridized carbons (Fsp3) is 0.429. The number of rotatable bonds is 11. The quantitative estimate of drug-likeness (QED) is 0.101. The summed E-state index contributed by atoms with van der Waals surface area (Å²) in [7, 11) is -4.35. The number of alkyl halides is 3. The zero-order valence-corrected chi connectivity index (χ0v) is 21.2. The van der Waals surface area contributed by atoms with Crippen molar-refractivity contribution < 1.29 is 30.7 Å². The first-order valence-electron chi connectivity index (χ1n) is 10.4. The van der Waals surface area contributed by atoms with Crippen molar-refractivity contribution in [3.05, 3.63) is 53.8 Å². The molecule has 1 atom stereocenters. The normalized spacial score (nSPS) is 13.6. The summed E-state index contributed by atoms with van der Waals surface area (Å²) in [6.45, 7) is 7.20. The van der Waals surface area contributed by atoms with Crippen LogP contribution >= 0.6 is 0 Å². The molecule has 0 fully saturated rings. The molecule has 0 heterocycles. The summed E-state index contributed by atoms with van der Waals surface area (Å²) in [6.07, 6.45) is -4.95. The summed E-state index contributed by atoms with van der Waals surface area (Å²) in [4.78, 5) is -0.398. The highest BCUT2D eigenvalue weighted by Gasteiger charge is 2.43. The summed E-state index contributed by atoms with van der Waals surface area (Å²) < 4.78 is 86.9. The molecular formula is C21H30F4N4O3SSi. The number of sulfonamides is 1. The van der Waals surface area contributed by atoms with Gasteiger partial charge in [-0.3, -0.25) is 5.01 Å². The first kappa shape index (κ1) is 28.0. The lowest BCUT2D eigenvalue weighted by Gasteiger charge is -2.24. The van der Waals surface area contributed by atoms with Crippen LogP contribution in [0, 0.1) is 5.82 Å². The van der Waals surface area contributed by atoms with E-state index in [-0.39, 0.29) is 12.4 Å². The van der Waals surface area contributed by atoms with Crippen molar-refractivity contribution >= 4 is 29.5 Å². The number of hydrazine groups is 1. The van der Waals surface area contributed by atoms with E-state index in [4.69, 9.17) is 10.6 Å². The Hall–Kier alpha value is -2.19. The van der Waals surface area contributed by atoms with Crippen LogP contribution in [0.15, 0.2) is 47.4 Å². The van der Waals surface area contributed by atoms with E-state index in [9.17, 15) is 26.0 Å². The molecule has 0 aliphatic rings.